The van der Waals surface area contributed by atoms with E-state index in [0.29, 0.717) is 5.41 Å². The van der Waals surface area contributed by atoms with Gasteiger partial charge in [0.25, 0.3) is 0 Å². The van der Waals surface area contributed by atoms with E-state index in [-0.39, 0.29) is 0 Å². The minimum absolute atomic E-state index is 0.679. The van der Waals surface area contributed by atoms with Gasteiger partial charge in [-0.15, -0.1) is 0 Å². The molecule has 0 amide bonds. The van der Waals surface area contributed by atoms with E-state index in [0.717, 1.165) is 5.92 Å². The smallest absolute Gasteiger partial charge is 0.0303 e. The van der Waals surface area contributed by atoms with E-state index in [1.807, 2.05) is 13.8 Å². The van der Waals surface area contributed by atoms with E-state index in [1.165, 1.54) is 32.1 Å². The first-order valence-electron chi connectivity index (χ1n) is 5.65. The standard InChI is InChI=1S/C10H20.C2H6/c1-9(2)10(3)7-5-4-6-8-10;1-2/h9H,4-8H2,1-3H3;1-2H3. The number of hydrogen-bond donors (Lipinski definition) is 0. The molecule has 0 nitrogen and oxygen atoms in total. The van der Waals surface area contributed by atoms with Gasteiger partial charge in [-0.05, 0) is 24.2 Å². The van der Waals surface area contributed by atoms with E-state index in [2.05, 4.69) is 20.8 Å². The van der Waals surface area contributed by atoms with E-state index in [4.69, 9.17) is 0 Å². The van der Waals surface area contributed by atoms with Gasteiger partial charge in [-0.3, -0.25) is 0 Å². The van der Waals surface area contributed by atoms with Crippen molar-refractivity contribution in [3.05, 3.63) is 0 Å². The summed E-state index contributed by atoms with van der Waals surface area (Å²) in [5.41, 5.74) is 0.679. The fourth-order valence-electron chi connectivity index (χ4n) is 1.94. The third-order valence-corrected chi connectivity index (χ3v) is 3.39. The van der Waals surface area contributed by atoms with Crippen molar-refractivity contribution in [2.75, 3.05) is 0 Å². The molecule has 0 unspecified atom stereocenters. The number of rotatable bonds is 1. The summed E-state index contributed by atoms with van der Waals surface area (Å²) >= 11 is 0. The highest BCUT2D eigenvalue weighted by molar-refractivity contribution is 4.80. The molecule has 0 atom stereocenters. The van der Waals surface area contributed by atoms with Gasteiger partial charge in [-0.1, -0.05) is 53.9 Å². The van der Waals surface area contributed by atoms with Gasteiger partial charge >= 0.3 is 0 Å². The average Bonchev–Trinajstić information content (AvgIpc) is 2.09. The molecule has 0 aromatic carbocycles. The van der Waals surface area contributed by atoms with Crippen LogP contribution in [0.4, 0.5) is 0 Å². The largest absolute Gasteiger partial charge is 0.0683 e. The molecule has 12 heavy (non-hydrogen) atoms. The van der Waals surface area contributed by atoms with Crippen LogP contribution in [-0.2, 0) is 0 Å². The zero-order chi connectivity index (χ0) is 9.61. The highest BCUT2D eigenvalue weighted by atomic mass is 14.3. The monoisotopic (exact) mass is 170 g/mol. The second kappa shape index (κ2) is 5.61. The van der Waals surface area contributed by atoms with Crippen LogP contribution in [0.3, 0.4) is 0 Å². The predicted molar refractivity (Wildman–Crippen MR) is 57.4 cm³/mol. The Kier molecular flexibility index (Phi) is 5.61. The molecule has 1 saturated carbocycles. The molecule has 0 aromatic heterocycles. The summed E-state index contributed by atoms with van der Waals surface area (Å²) in [6, 6.07) is 0. The Balaban J connectivity index is 0.000000561. The van der Waals surface area contributed by atoms with E-state index >= 15 is 0 Å². The van der Waals surface area contributed by atoms with Crippen LogP contribution in [-0.4, -0.2) is 0 Å². The van der Waals surface area contributed by atoms with Gasteiger partial charge in [0.05, 0.1) is 0 Å². The van der Waals surface area contributed by atoms with Crippen molar-refractivity contribution >= 4 is 0 Å². The Morgan fingerprint density at radius 2 is 1.33 bits per heavy atom. The topological polar surface area (TPSA) is 0 Å². The van der Waals surface area contributed by atoms with Gasteiger partial charge in [0.15, 0.2) is 0 Å². The van der Waals surface area contributed by atoms with Crippen LogP contribution >= 0.6 is 0 Å². The summed E-state index contributed by atoms with van der Waals surface area (Å²) in [6.45, 7) is 11.2. The van der Waals surface area contributed by atoms with Gasteiger partial charge in [-0.2, -0.15) is 0 Å². The minimum Gasteiger partial charge on any atom is -0.0683 e. The Bertz CT molecular complexity index is 96.6. The van der Waals surface area contributed by atoms with Crippen molar-refractivity contribution in [1.29, 1.82) is 0 Å². The van der Waals surface area contributed by atoms with E-state index in [9.17, 15) is 0 Å². The second-order valence-corrected chi connectivity index (χ2v) is 4.37. The fraction of sp³-hybridized carbons (Fsp3) is 1.00. The quantitative estimate of drug-likeness (QED) is 0.538. The molecule has 1 fully saturated rings. The van der Waals surface area contributed by atoms with Gasteiger partial charge in [-0.25, -0.2) is 0 Å². The maximum atomic E-state index is 2.46. The Morgan fingerprint density at radius 1 is 0.917 bits per heavy atom. The van der Waals surface area contributed by atoms with E-state index in [1.54, 1.807) is 0 Å². The zero-order valence-corrected chi connectivity index (χ0v) is 9.61. The van der Waals surface area contributed by atoms with Crippen LogP contribution in [0, 0.1) is 11.3 Å². The summed E-state index contributed by atoms with van der Waals surface area (Å²) in [4.78, 5) is 0. The van der Waals surface area contributed by atoms with Crippen molar-refractivity contribution in [3.8, 4) is 0 Å². The summed E-state index contributed by atoms with van der Waals surface area (Å²) in [7, 11) is 0. The molecule has 0 bridgehead atoms. The van der Waals surface area contributed by atoms with Crippen molar-refractivity contribution in [3.63, 3.8) is 0 Å². The van der Waals surface area contributed by atoms with Gasteiger partial charge in [0, 0.05) is 0 Å². The molecule has 0 radical (unpaired) electrons. The first kappa shape index (κ1) is 12.0. The molecule has 0 heteroatoms. The first-order valence-corrected chi connectivity index (χ1v) is 5.65. The molecule has 0 aromatic rings. The molecule has 0 N–H and O–H groups in total. The lowest BCUT2D eigenvalue weighted by Gasteiger charge is -2.37. The van der Waals surface area contributed by atoms with Crippen molar-refractivity contribution in [2.45, 2.75) is 66.7 Å². The van der Waals surface area contributed by atoms with Crippen molar-refractivity contribution in [1.82, 2.24) is 0 Å². The van der Waals surface area contributed by atoms with Crippen LogP contribution in [0.1, 0.15) is 66.7 Å². The van der Waals surface area contributed by atoms with Crippen molar-refractivity contribution in [2.24, 2.45) is 11.3 Å². The summed E-state index contributed by atoms with van der Waals surface area (Å²) in [5.74, 6) is 0.882. The predicted octanol–water partition coefficient (Wildman–Crippen LogP) is 4.64. The highest BCUT2D eigenvalue weighted by Crippen LogP contribution is 2.41. The molecule has 0 saturated heterocycles. The maximum absolute atomic E-state index is 2.46. The second-order valence-electron chi connectivity index (χ2n) is 4.37. The third-order valence-electron chi connectivity index (χ3n) is 3.39. The summed E-state index contributed by atoms with van der Waals surface area (Å²) < 4.78 is 0. The Morgan fingerprint density at radius 3 is 1.58 bits per heavy atom. The molecule has 0 aliphatic heterocycles. The Labute approximate surface area is 78.8 Å². The molecule has 1 aliphatic rings. The zero-order valence-electron chi connectivity index (χ0n) is 9.61. The lowest BCUT2D eigenvalue weighted by molar-refractivity contribution is 0.143. The normalized spacial score (nSPS) is 21.5. The molecule has 0 spiro atoms. The summed E-state index contributed by atoms with van der Waals surface area (Å²) in [6.07, 6.45) is 7.33. The first-order chi connectivity index (χ1) is 5.65. The minimum atomic E-state index is 0.679. The number of hydrogen-bond acceptors (Lipinski definition) is 0. The van der Waals surface area contributed by atoms with E-state index < -0.39 is 0 Å². The lowest BCUT2D eigenvalue weighted by Crippen LogP contribution is -2.25. The molecule has 0 heterocycles. The van der Waals surface area contributed by atoms with Gasteiger partial charge in [0.1, 0.15) is 0 Å². The third kappa shape index (κ3) is 3.16. The molecular formula is C12H26. The fourth-order valence-corrected chi connectivity index (χ4v) is 1.94. The highest BCUT2D eigenvalue weighted by Gasteiger charge is 2.29. The van der Waals surface area contributed by atoms with Crippen molar-refractivity contribution < 1.29 is 0 Å². The van der Waals surface area contributed by atoms with Crippen LogP contribution in [0.15, 0.2) is 0 Å². The molecule has 1 rings (SSSR count). The van der Waals surface area contributed by atoms with Crippen LogP contribution in [0.25, 0.3) is 0 Å². The van der Waals surface area contributed by atoms with Crippen LogP contribution in [0.5, 0.6) is 0 Å². The molecule has 74 valence electrons. The van der Waals surface area contributed by atoms with Gasteiger partial charge < -0.3 is 0 Å². The average molecular weight is 170 g/mol. The van der Waals surface area contributed by atoms with Crippen LogP contribution in [0.2, 0.25) is 0 Å². The molecular weight excluding hydrogens is 144 g/mol. The lowest BCUT2D eigenvalue weighted by atomic mass is 9.69. The SMILES string of the molecule is CC.CC(C)C1(C)CCCCC1. The van der Waals surface area contributed by atoms with Gasteiger partial charge in [0.2, 0.25) is 0 Å². The Hall–Kier alpha value is 0. The van der Waals surface area contributed by atoms with Crippen LogP contribution < -0.4 is 0 Å². The molecule has 1 aliphatic carbocycles. The maximum Gasteiger partial charge on any atom is -0.0303 e. The summed E-state index contributed by atoms with van der Waals surface area (Å²) in [5, 5.41) is 0.